The van der Waals surface area contributed by atoms with Crippen molar-refractivity contribution in [2.45, 2.75) is 54.4 Å². The number of carbonyl (C=O) groups excluding carboxylic acids is 1. The van der Waals surface area contributed by atoms with Crippen molar-refractivity contribution in [2.75, 3.05) is 53.6 Å². The van der Waals surface area contributed by atoms with Gasteiger partial charge in [-0.25, -0.2) is 4.79 Å². The molecule has 2 unspecified atom stereocenters. The van der Waals surface area contributed by atoms with Gasteiger partial charge in [0.25, 0.3) is 0 Å². The lowest BCUT2D eigenvalue weighted by molar-refractivity contribution is -0.00343. The third kappa shape index (κ3) is 6.43. The van der Waals surface area contributed by atoms with Gasteiger partial charge in [-0.3, -0.25) is 4.90 Å². The molecule has 0 aromatic heterocycles. The quantitative estimate of drug-likeness (QED) is 0.261. The molecule has 0 aliphatic carbocycles. The van der Waals surface area contributed by atoms with Gasteiger partial charge in [-0.05, 0) is 105 Å². The van der Waals surface area contributed by atoms with Gasteiger partial charge in [-0.1, -0.05) is 42.1 Å². The minimum Gasteiger partial charge on any atom is -0.508 e. The summed E-state index contributed by atoms with van der Waals surface area (Å²) in [5, 5.41) is 10.5. The number of hydrogen-bond acceptors (Lipinski definition) is 8. The number of methoxy groups -OCH3 is 2. The van der Waals surface area contributed by atoms with Crippen LogP contribution in [0.1, 0.15) is 64.2 Å². The summed E-state index contributed by atoms with van der Waals surface area (Å²) in [7, 11) is 3.16. The number of phenolic OH excluding ortho intramolecular Hbond substituents is 1. The topological polar surface area (TPSA) is 71.5 Å². The van der Waals surface area contributed by atoms with E-state index in [-0.39, 0.29) is 17.6 Å². The fourth-order valence-corrected chi connectivity index (χ4v) is 8.41. The minimum absolute atomic E-state index is 0.0753. The van der Waals surface area contributed by atoms with Crippen LogP contribution < -0.4 is 4.74 Å². The van der Waals surface area contributed by atoms with Gasteiger partial charge in [-0.2, -0.15) is 0 Å². The van der Waals surface area contributed by atoms with E-state index in [2.05, 4.69) is 28.0 Å². The first-order chi connectivity index (χ1) is 21.0. The Kier molecular flexibility index (Phi) is 9.28. The zero-order valence-electron chi connectivity index (χ0n) is 25.2. The Morgan fingerprint density at radius 1 is 0.953 bits per heavy atom. The molecule has 3 heterocycles. The molecule has 0 spiro atoms. The van der Waals surface area contributed by atoms with Gasteiger partial charge in [-0.15, -0.1) is 0 Å². The molecule has 0 bridgehead atoms. The summed E-state index contributed by atoms with van der Waals surface area (Å²) in [6.07, 6.45) is 5.67. The van der Waals surface area contributed by atoms with E-state index in [1.807, 2.05) is 30.3 Å². The van der Waals surface area contributed by atoms with E-state index >= 15 is 0 Å². The van der Waals surface area contributed by atoms with Crippen molar-refractivity contribution in [3.63, 3.8) is 0 Å². The number of aromatic hydroxyl groups is 1. The van der Waals surface area contributed by atoms with Gasteiger partial charge in [0.05, 0.1) is 26.4 Å². The molecule has 228 valence electrons. The third-order valence-electron chi connectivity index (χ3n) is 9.09. The molecule has 43 heavy (non-hydrogen) atoms. The number of thioether (sulfide) groups is 1. The van der Waals surface area contributed by atoms with Gasteiger partial charge in [0, 0.05) is 29.5 Å². The highest BCUT2D eigenvalue weighted by Crippen LogP contribution is 2.61. The van der Waals surface area contributed by atoms with Crippen molar-refractivity contribution >= 4 is 17.7 Å². The molecule has 0 radical (unpaired) electrons. The average Bonchev–Trinajstić information content (AvgIpc) is 3.80. The first-order valence-electron chi connectivity index (χ1n) is 15.4. The van der Waals surface area contributed by atoms with Crippen molar-refractivity contribution in [1.82, 2.24) is 9.80 Å². The standard InChI is InChI=1S/C35H42N2O5S/c1-40-32-21-25(10-11-27(32)24-37-16-5-6-17-37)20-31-30-13-12-29(38)23-33(30)43-35(31,42-19-18-36-14-3-4-15-36)28-9-7-8-26(22-28)34(39)41-2/h7-13,21-23,31,38H,3-6,14-20,24H2,1-2H3. The number of carbonyl (C=O) groups is 1. The van der Waals surface area contributed by atoms with Crippen LogP contribution in [-0.4, -0.2) is 74.4 Å². The lowest BCUT2D eigenvalue weighted by atomic mass is 9.83. The van der Waals surface area contributed by atoms with Crippen molar-refractivity contribution in [2.24, 2.45) is 0 Å². The van der Waals surface area contributed by atoms with Crippen molar-refractivity contribution in [3.8, 4) is 11.5 Å². The number of likely N-dealkylation sites (tertiary alicyclic amines) is 2. The summed E-state index contributed by atoms with van der Waals surface area (Å²) < 4.78 is 18.0. The molecule has 0 saturated carbocycles. The zero-order chi connectivity index (χ0) is 29.8. The fraction of sp³-hybridized carbons (Fsp3) is 0.457. The van der Waals surface area contributed by atoms with Crippen LogP contribution in [0.3, 0.4) is 0 Å². The van der Waals surface area contributed by atoms with Gasteiger partial charge in [0.2, 0.25) is 0 Å². The second kappa shape index (κ2) is 13.3. The molecule has 2 saturated heterocycles. The molecule has 0 amide bonds. The van der Waals surface area contributed by atoms with Gasteiger partial charge >= 0.3 is 5.97 Å². The number of esters is 1. The lowest BCUT2D eigenvalue weighted by Crippen LogP contribution is -2.35. The van der Waals surface area contributed by atoms with Crippen molar-refractivity contribution < 1.29 is 24.1 Å². The molecular formula is C35H42N2O5S. The Morgan fingerprint density at radius 2 is 1.72 bits per heavy atom. The average molecular weight is 603 g/mol. The summed E-state index contributed by atoms with van der Waals surface area (Å²) >= 11 is 1.63. The fourth-order valence-electron chi connectivity index (χ4n) is 6.83. The van der Waals surface area contributed by atoms with Crippen LogP contribution in [0.15, 0.2) is 65.6 Å². The van der Waals surface area contributed by atoms with Crippen LogP contribution >= 0.6 is 11.8 Å². The maximum Gasteiger partial charge on any atom is 0.337 e. The summed E-state index contributed by atoms with van der Waals surface area (Å²) in [5.74, 6) is 0.694. The molecule has 3 aliphatic heterocycles. The number of fused-ring (bicyclic) bond motifs is 1. The number of phenols is 1. The Hall–Kier alpha value is -3.04. The molecule has 1 N–H and O–H groups in total. The number of nitrogens with zero attached hydrogens (tertiary/aromatic N) is 2. The molecule has 3 aromatic carbocycles. The van der Waals surface area contributed by atoms with Crippen molar-refractivity contribution in [3.05, 3.63) is 88.5 Å². The van der Waals surface area contributed by atoms with E-state index in [0.29, 0.717) is 18.6 Å². The largest absolute Gasteiger partial charge is 0.508 e. The smallest absolute Gasteiger partial charge is 0.337 e. The molecule has 3 aliphatic rings. The van der Waals surface area contributed by atoms with Crippen LogP contribution in [0.4, 0.5) is 0 Å². The monoisotopic (exact) mass is 602 g/mol. The molecule has 2 atom stereocenters. The van der Waals surface area contributed by atoms with Gasteiger partial charge in [0.15, 0.2) is 4.93 Å². The highest BCUT2D eigenvalue weighted by atomic mass is 32.2. The highest BCUT2D eigenvalue weighted by molar-refractivity contribution is 8.00. The molecule has 2 fully saturated rings. The maximum absolute atomic E-state index is 12.6. The van der Waals surface area contributed by atoms with E-state index in [1.54, 1.807) is 31.0 Å². The number of benzene rings is 3. The molecule has 3 aromatic rings. The Labute approximate surface area is 259 Å². The van der Waals surface area contributed by atoms with Crippen LogP contribution in [0.25, 0.3) is 0 Å². The van der Waals surface area contributed by atoms with E-state index in [1.165, 1.54) is 38.4 Å². The maximum atomic E-state index is 12.6. The van der Waals surface area contributed by atoms with Crippen molar-refractivity contribution in [1.29, 1.82) is 0 Å². The number of rotatable bonds is 11. The lowest BCUT2D eigenvalue weighted by Gasteiger charge is -2.36. The summed E-state index contributed by atoms with van der Waals surface area (Å²) in [4.78, 5) is 17.7. The summed E-state index contributed by atoms with van der Waals surface area (Å²) in [5.41, 5.74) is 4.91. The van der Waals surface area contributed by atoms with Crippen LogP contribution in [0.5, 0.6) is 11.5 Å². The first-order valence-corrected chi connectivity index (χ1v) is 16.3. The zero-order valence-corrected chi connectivity index (χ0v) is 26.0. The number of ether oxygens (including phenoxy) is 3. The van der Waals surface area contributed by atoms with E-state index in [9.17, 15) is 9.90 Å². The molecule has 8 heteroatoms. The Balaban J connectivity index is 1.38. The Bertz CT molecular complexity index is 1440. The number of hydrogen-bond donors (Lipinski definition) is 1. The van der Waals surface area contributed by atoms with Crippen LogP contribution in [0.2, 0.25) is 0 Å². The summed E-state index contributed by atoms with van der Waals surface area (Å²) in [6.45, 7) is 6.78. The van der Waals surface area contributed by atoms with E-state index in [4.69, 9.17) is 14.2 Å². The molecule has 6 rings (SSSR count). The molecular weight excluding hydrogens is 560 g/mol. The predicted octanol–water partition coefficient (Wildman–Crippen LogP) is 6.18. The van der Waals surface area contributed by atoms with Gasteiger partial charge < -0.3 is 24.2 Å². The van der Waals surface area contributed by atoms with Crippen LogP contribution in [-0.2, 0) is 27.4 Å². The highest BCUT2D eigenvalue weighted by Gasteiger charge is 2.50. The summed E-state index contributed by atoms with van der Waals surface area (Å²) in [6, 6.07) is 19.9. The second-order valence-electron chi connectivity index (χ2n) is 11.8. The SMILES string of the molecule is COC(=O)c1cccc(C2(OCCN3CCCC3)Sc3cc(O)ccc3C2Cc2ccc(CN3CCCC3)c(OC)c2)c1. The first kappa shape index (κ1) is 30.0. The van der Waals surface area contributed by atoms with Gasteiger partial charge in [0.1, 0.15) is 11.5 Å². The third-order valence-corrected chi connectivity index (χ3v) is 10.6. The van der Waals surface area contributed by atoms with E-state index < -0.39 is 4.93 Å². The Morgan fingerprint density at radius 3 is 2.47 bits per heavy atom. The second-order valence-corrected chi connectivity index (χ2v) is 13.1. The van der Waals surface area contributed by atoms with E-state index in [0.717, 1.165) is 66.6 Å². The molecule has 7 nitrogen and oxygen atoms in total. The predicted molar refractivity (Wildman–Crippen MR) is 169 cm³/mol. The minimum atomic E-state index is -0.804. The van der Waals surface area contributed by atoms with Crippen LogP contribution in [0, 0.1) is 0 Å². The normalized spacial score (nSPS) is 22.1.